The quantitative estimate of drug-likeness (QED) is 0.282. The average molecular weight is 506 g/mol. The first-order valence-corrected chi connectivity index (χ1v) is 12.0. The third-order valence-corrected chi connectivity index (χ3v) is 6.08. The van der Waals surface area contributed by atoms with Crippen LogP contribution in [0.2, 0.25) is 0 Å². The molecule has 1 aliphatic heterocycles. The van der Waals surface area contributed by atoms with Crippen LogP contribution >= 0.6 is 0 Å². The van der Waals surface area contributed by atoms with Crippen molar-refractivity contribution in [2.75, 3.05) is 7.05 Å². The highest BCUT2D eigenvalue weighted by atomic mass is 19.4. The van der Waals surface area contributed by atoms with Gasteiger partial charge in [0, 0.05) is 13.3 Å². The Morgan fingerprint density at radius 1 is 1.05 bits per heavy atom. The number of aliphatic imine (C=N–C) groups is 3. The monoisotopic (exact) mass is 505 g/mol. The van der Waals surface area contributed by atoms with E-state index in [-0.39, 0.29) is 11.5 Å². The molecule has 1 aliphatic carbocycles. The summed E-state index contributed by atoms with van der Waals surface area (Å²) >= 11 is 0. The van der Waals surface area contributed by atoms with Crippen molar-refractivity contribution in [1.82, 2.24) is 0 Å². The number of benzene rings is 2. The fourth-order valence-electron chi connectivity index (χ4n) is 4.35. The van der Waals surface area contributed by atoms with Crippen LogP contribution in [0.4, 0.5) is 17.6 Å². The Kier molecular flexibility index (Phi) is 7.81. The second kappa shape index (κ2) is 11.0. The van der Waals surface area contributed by atoms with Gasteiger partial charge in [-0.3, -0.25) is 4.99 Å². The SMILES string of the molecule is CN=CC1=NC(c2ccccc2F)=N/C1=C/C(C)CC1=CC=C(c2ccc(C)cc2C(F)(F)F)CC=C1. The van der Waals surface area contributed by atoms with E-state index in [0.29, 0.717) is 46.8 Å². The van der Waals surface area contributed by atoms with Crippen molar-refractivity contribution >= 4 is 23.3 Å². The number of hydrogen-bond acceptors (Lipinski definition) is 3. The maximum Gasteiger partial charge on any atom is 0.417 e. The largest absolute Gasteiger partial charge is 0.417 e. The normalized spacial score (nSPS) is 18.0. The number of aryl methyl sites for hydroxylation is 1. The van der Waals surface area contributed by atoms with E-state index >= 15 is 0 Å². The first-order valence-electron chi connectivity index (χ1n) is 12.0. The van der Waals surface area contributed by atoms with E-state index in [9.17, 15) is 17.6 Å². The molecule has 0 radical (unpaired) electrons. The molecule has 1 atom stereocenters. The predicted octanol–water partition coefficient (Wildman–Crippen LogP) is 7.93. The van der Waals surface area contributed by atoms with Gasteiger partial charge in [0.2, 0.25) is 0 Å². The summed E-state index contributed by atoms with van der Waals surface area (Å²) in [6.07, 6.45) is 7.67. The molecule has 0 aromatic heterocycles. The van der Waals surface area contributed by atoms with Gasteiger partial charge in [-0.1, -0.05) is 67.1 Å². The molecule has 2 aromatic carbocycles. The zero-order valence-electron chi connectivity index (χ0n) is 20.9. The Balaban J connectivity index is 1.57. The molecule has 37 heavy (non-hydrogen) atoms. The molecule has 3 nitrogen and oxygen atoms in total. The molecule has 0 spiro atoms. The Hall–Kier alpha value is -3.87. The van der Waals surface area contributed by atoms with Crippen LogP contribution in [0.25, 0.3) is 5.57 Å². The van der Waals surface area contributed by atoms with Crippen LogP contribution in [0, 0.1) is 18.7 Å². The van der Waals surface area contributed by atoms with Crippen molar-refractivity contribution in [3.05, 3.63) is 112 Å². The first kappa shape index (κ1) is 26.2. The summed E-state index contributed by atoms with van der Waals surface area (Å²) in [5.74, 6) is -0.0676. The zero-order valence-corrected chi connectivity index (χ0v) is 20.9. The van der Waals surface area contributed by atoms with Crippen LogP contribution in [0.5, 0.6) is 0 Å². The molecule has 1 heterocycles. The van der Waals surface area contributed by atoms with Gasteiger partial charge in [-0.25, -0.2) is 14.4 Å². The van der Waals surface area contributed by atoms with Crippen molar-refractivity contribution < 1.29 is 17.6 Å². The highest BCUT2D eigenvalue weighted by molar-refractivity contribution is 6.42. The lowest BCUT2D eigenvalue weighted by Gasteiger charge is -2.15. The summed E-state index contributed by atoms with van der Waals surface area (Å²) in [6.45, 7) is 3.68. The molecule has 190 valence electrons. The third-order valence-electron chi connectivity index (χ3n) is 6.08. The molecule has 0 fully saturated rings. The van der Waals surface area contributed by atoms with Gasteiger partial charge < -0.3 is 0 Å². The highest BCUT2D eigenvalue weighted by Gasteiger charge is 2.34. The standard InChI is InChI=1S/C30H27F4N3/c1-19-11-14-23(25(16-19)30(32,33)34)22-8-6-7-21(12-13-22)15-20(2)17-27-28(18-35-3)37-29(36-27)24-9-4-5-10-26(24)31/h4-7,9-14,16-18,20H,8,15H2,1-3H3/b27-17+,35-18?. The number of halogens is 4. The lowest BCUT2D eigenvalue weighted by Crippen LogP contribution is -2.09. The summed E-state index contributed by atoms with van der Waals surface area (Å²) in [5.41, 5.74) is 3.25. The van der Waals surface area contributed by atoms with Gasteiger partial charge in [0.05, 0.1) is 16.8 Å². The van der Waals surface area contributed by atoms with Gasteiger partial charge in [0.1, 0.15) is 11.5 Å². The minimum Gasteiger partial charge on any atom is -0.294 e. The van der Waals surface area contributed by atoms with E-state index in [2.05, 4.69) is 15.0 Å². The van der Waals surface area contributed by atoms with Crippen LogP contribution in [0.3, 0.4) is 0 Å². The van der Waals surface area contributed by atoms with Gasteiger partial charge in [-0.15, -0.1) is 0 Å². The minimum atomic E-state index is -4.42. The average Bonchev–Trinajstić information content (AvgIpc) is 3.07. The molecule has 2 aromatic rings. The van der Waals surface area contributed by atoms with Gasteiger partial charge in [0.25, 0.3) is 0 Å². The molecule has 0 bridgehead atoms. The van der Waals surface area contributed by atoms with Crippen LogP contribution in [-0.4, -0.2) is 24.8 Å². The number of nitrogens with zero attached hydrogens (tertiary/aromatic N) is 3. The molecule has 1 unspecified atom stereocenters. The maximum atomic E-state index is 14.3. The Morgan fingerprint density at radius 3 is 2.57 bits per heavy atom. The third kappa shape index (κ3) is 6.28. The van der Waals surface area contributed by atoms with Crippen LogP contribution in [-0.2, 0) is 6.18 Å². The molecule has 0 saturated carbocycles. The Bertz CT molecular complexity index is 1400. The summed E-state index contributed by atoms with van der Waals surface area (Å²) in [7, 11) is 1.63. The smallest absolute Gasteiger partial charge is 0.294 e. The van der Waals surface area contributed by atoms with E-state index < -0.39 is 17.6 Å². The minimum absolute atomic E-state index is 0.0325. The van der Waals surface area contributed by atoms with Crippen molar-refractivity contribution in [1.29, 1.82) is 0 Å². The topological polar surface area (TPSA) is 37.1 Å². The molecular weight excluding hydrogens is 478 g/mol. The lowest BCUT2D eigenvalue weighted by atomic mass is 9.95. The zero-order chi connectivity index (χ0) is 26.6. The molecule has 0 amide bonds. The van der Waals surface area contributed by atoms with E-state index in [1.165, 1.54) is 12.1 Å². The van der Waals surface area contributed by atoms with Gasteiger partial charge in [0.15, 0.2) is 5.84 Å². The molecule has 4 rings (SSSR count). The number of amidine groups is 1. The number of rotatable bonds is 6. The predicted molar refractivity (Wildman–Crippen MR) is 143 cm³/mol. The molecule has 0 saturated heterocycles. The van der Waals surface area contributed by atoms with Gasteiger partial charge in [-0.05, 0) is 60.6 Å². The number of alkyl halides is 3. The van der Waals surface area contributed by atoms with Gasteiger partial charge >= 0.3 is 6.18 Å². The fraction of sp³-hybridized carbons (Fsp3) is 0.233. The number of allylic oxidation sites excluding steroid dienone is 8. The maximum absolute atomic E-state index is 14.3. The van der Waals surface area contributed by atoms with E-state index in [1.54, 1.807) is 56.6 Å². The van der Waals surface area contributed by atoms with E-state index in [4.69, 9.17) is 0 Å². The van der Waals surface area contributed by atoms with Gasteiger partial charge in [-0.2, -0.15) is 13.2 Å². The second-order valence-electron chi connectivity index (χ2n) is 9.12. The molecule has 7 heteroatoms. The summed E-state index contributed by atoms with van der Waals surface area (Å²) in [5, 5.41) is 0. The lowest BCUT2D eigenvalue weighted by molar-refractivity contribution is -0.137. The van der Waals surface area contributed by atoms with E-state index in [1.807, 2.05) is 31.2 Å². The fourth-order valence-corrected chi connectivity index (χ4v) is 4.35. The van der Waals surface area contributed by atoms with Crippen molar-refractivity contribution in [3.63, 3.8) is 0 Å². The molecule has 0 N–H and O–H groups in total. The summed E-state index contributed by atoms with van der Waals surface area (Å²) in [4.78, 5) is 13.1. The van der Waals surface area contributed by atoms with Crippen LogP contribution in [0.1, 0.15) is 42.0 Å². The summed E-state index contributed by atoms with van der Waals surface area (Å²) in [6, 6.07) is 10.8. The highest BCUT2D eigenvalue weighted by Crippen LogP contribution is 2.37. The van der Waals surface area contributed by atoms with Crippen molar-refractivity contribution in [2.45, 2.75) is 32.9 Å². The Labute approximate surface area is 214 Å². The van der Waals surface area contributed by atoms with E-state index in [0.717, 1.165) is 5.57 Å². The Morgan fingerprint density at radius 2 is 1.84 bits per heavy atom. The molecule has 2 aliphatic rings. The second-order valence-corrected chi connectivity index (χ2v) is 9.12. The van der Waals surface area contributed by atoms with Crippen LogP contribution in [0.15, 0.2) is 99.1 Å². The number of hydrogen-bond donors (Lipinski definition) is 0. The van der Waals surface area contributed by atoms with Crippen molar-refractivity contribution in [2.24, 2.45) is 20.9 Å². The molecular formula is C30H27F4N3. The van der Waals surface area contributed by atoms with Crippen molar-refractivity contribution in [3.8, 4) is 0 Å². The first-order chi connectivity index (χ1) is 17.7. The van der Waals surface area contributed by atoms with Crippen LogP contribution < -0.4 is 0 Å². The summed E-state index contributed by atoms with van der Waals surface area (Å²) < 4.78 is 55.2.